The van der Waals surface area contributed by atoms with Crippen LogP contribution in [-0.4, -0.2) is 33.9 Å². The minimum Gasteiger partial charge on any atom is -0.381 e. The summed E-state index contributed by atoms with van der Waals surface area (Å²) in [4.78, 5) is 0.361. The Morgan fingerprint density at radius 3 is 2.06 bits per heavy atom. The van der Waals surface area contributed by atoms with E-state index in [1.165, 1.54) is 11.8 Å². The lowest BCUT2D eigenvalue weighted by atomic mass is 9.87. The molecule has 0 spiro atoms. The van der Waals surface area contributed by atoms with Crippen molar-refractivity contribution in [2.45, 2.75) is 48.8 Å². The van der Waals surface area contributed by atoms with E-state index in [-0.39, 0.29) is 6.04 Å². The molecule has 1 saturated carbocycles. The summed E-state index contributed by atoms with van der Waals surface area (Å²) < 4.78 is 30.6. The van der Waals surface area contributed by atoms with E-state index in [0.29, 0.717) is 17.0 Å². The zero-order valence-corrected chi connectivity index (χ0v) is 19.5. The van der Waals surface area contributed by atoms with E-state index < -0.39 is 9.84 Å². The number of benzene rings is 3. The van der Waals surface area contributed by atoms with Gasteiger partial charge in [-0.25, -0.2) is 8.42 Å². The van der Waals surface area contributed by atoms with Gasteiger partial charge in [0, 0.05) is 25.0 Å². The van der Waals surface area contributed by atoms with Crippen LogP contribution in [0.25, 0.3) is 11.1 Å². The van der Waals surface area contributed by atoms with Crippen LogP contribution in [-0.2, 0) is 14.6 Å². The SMILES string of the molecule is COC1CCC(NC(c2ccccc2)c2ccccc2-c2ccccc2S(C)(=O)=O)CC1. The quantitative estimate of drug-likeness (QED) is 0.525. The van der Waals surface area contributed by atoms with Gasteiger partial charge in [-0.2, -0.15) is 0 Å². The van der Waals surface area contributed by atoms with Gasteiger partial charge in [0.05, 0.1) is 17.0 Å². The molecule has 1 aliphatic carbocycles. The van der Waals surface area contributed by atoms with E-state index in [2.05, 4.69) is 35.6 Å². The van der Waals surface area contributed by atoms with E-state index in [4.69, 9.17) is 4.74 Å². The molecule has 0 bridgehead atoms. The zero-order valence-electron chi connectivity index (χ0n) is 18.7. The van der Waals surface area contributed by atoms with Crippen LogP contribution in [0.5, 0.6) is 0 Å². The van der Waals surface area contributed by atoms with E-state index in [9.17, 15) is 8.42 Å². The Balaban J connectivity index is 1.77. The second-order valence-corrected chi connectivity index (χ2v) is 10.6. The lowest BCUT2D eigenvalue weighted by Gasteiger charge is -2.33. The summed E-state index contributed by atoms with van der Waals surface area (Å²) in [6.45, 7) is 0. The number of sulfone groups is 1. The lowest BCUT2D eigenvalue weighted by molar-refractivity contribution is 0.0617. The molecule has 168 valence electrons. The Morgan fingerprint density at radius 2 is 1.41 bits per heavy atom. The van der Waals surface area contributed by atoms with Crippen LogP contribution in [0.2, 0.25) is 0 Å². The summed E-state index contributed by atoms with van der Waals surface area (Å²) in [7, 11) is -1.57. The normalized spacial score (nSPS) is 20.1. The molecular weight excluding hydrogens is 418 g/mol. The summed E-state index contributed by atoms with van der Waals surface area (Å²) in [6, 6.07) is 26.2. The van der Waals surface area contributed by atoms with Crippen LogP contribution >= 0.6 is 0 Å². The fraction of sp³-hybridized carbons (Fsp3) is 0.333. The van der Waals surface area contributed by atoms with Gasteiger partial charge in [-0.1, -0.05) is 72.8 Å². The average molecular weight is 450 g/mol. The second kappa shape index (κ2) is 9.99. The summed E-state index contributed by atoms with van der Waals surface area (Å²) in [6.07, 6.45) is 5.84. The Hall–Kier alpha value is -2.47. The van der Waals surface area contributed by atoms with Crippen molar-refractivity contribution in [1.29, 1.82) is 0 Å². The standard InChI is InChI=1S/C27H31NO3S/c1-31-22-18-16-21(17-19-22)28-27(20-10-4-3-5-11-20)25-14-7-6-12-23(25)24-13-8-9-15-26(24)32(2,29)30/h3-15,21-22,27-28H,16-19H2,1-2H3. The number of ether oxygens (including phenoxy) is 1. The van der Waals surface area contributed by atoms with Crippen molar-refractivity contribution >= 4 is 9.84 Å². The molecule has 0 aromatic heterocycles. The maximum absolute atomic E-state index is 12.5. The predicted octanol–water partition coefficient (Wildman–Crippen LogP) is 5.39. The van der Waals surface area contributed by atoms with Crippen molar-refractivity contribution in [3.8, 4) is 11.1 Å². The van der Waals surface area contributed by atoms with Crippen LogP contribution in [0, 0.1) is 0 Å². The number of methoxy groups -OCH3 is 1. The molecule has 3 aromatic rings. The molecule has 5 heteroatoms. The first-order chi connectivity index (χ1) is 15.5. The molecule has 1 fully saturated rings. The van der Waals surface area contributed by atoms with Crippen LogP contribution in [0.1, 0.15) is 42.9 Å². The fourth-order valence-corrected chi connectivity index (χ4v) is 5.62. The zero-order chi connectivity index (χ0) is 22.6. The minimum absolute atomic E-state index is 0.0379. The Labute approximate surface area is 191 Å². The molecule has 1 unspecified atom stereocenters. The molecule has 0 radical (unpaired) electrons. The molecule has 3 aromatic carbocycles. The first-order valence-electron chi connectivity index (χ1n) is 11.2. The Morgan fingerprint density at radius 1 is 0.812 bits per heavy atom. The van der Waals surface area contributed by atoms with Crippen LogP contribution in [0.15, 0.2) is 83.8 Å². The summed E-state index contributed by atoms with van der Waals surface area (Å²) >= 11 is 0. The van der Waals surface area contributed by atoms with Gasteiger partial charge in [0.25, 0.3) is 0 Å². The van der Waals surface area contributed by atoms with E-state index >= 15 is 0 Å². The van der Waals surface area contributed by atoms with Crippen molar-refractivity contribution in [3.05, 3.63) is 90.0 Å². The van der Waals surface area contributed by atoms with E-state index in [1.54, 1.807) is 19.2 Å². The molecule has 0 saturated heterocycles. The van der Waals surface area contributed by atoms with Crippen molar-refractivity contribution in [2.24, 2.45) is 0 Å². The Kier molecular flexibility index (Phi) is 7.09. The lowest BCUT2D eigenvalue weighted by Crippen LogP contribution is -2.38. The smallest absolute Gasteiger partial charge is 0.176 e. The van der Waals surface area contributed by atoms with Crippen LogP contribution < -0.4 is 5.32 Å². The van der Waals surface area contributed by atoms with Crippen molar-refractivity contribution in [3.63, 3.8) is 0 Å². The number of nitrogens with one attached hydrogen (secondary N) is 1. The van der Waals surface area contributed by atoms with E-state index in [1.807, 2.05) is 36.4 Å². The van der Waals surface area contributed by atoms with Gasteiger partial charge in [0.1, 0.15) is 0 Å². The van der Waals surface area contributed by atoms with Gasteiger partial charge in [-0.05, 0) is 48.4 Å². The van der Waals surface area contributed by atoms with Gasteiger partial charge in [0.15, 0.2) is 9.84 Å². The average Bonchev–Trinajstić information content (AvgIpc) is 2.83. The highest BCUT2D eigenvalue weighted by atomic mass is 32.2. The number of rotatable bonds is 7. The predicted molar refractivity (Wildman–Crippen MR) is 129 cm³/mol. The van der Waals surface area contributed by atoms with E-state index in [0.717, 1.165) is 42.4 Å². The highest BCUT2D eigenvalue weighted by Crippen LogP contribution is 2.36. The molecule has 0 aliphatic heterocycles. The van der Waals surface area contributed by atoms with Gasteiger partial charge in [-0.3, -0.25) is 0 Å². The van der Waals surface area contributed by atoms with Gasteiger partial charge < -0.3 is 10.1 Å². The highest BCUT2D eigenvalue weighted by Gasteiger charge is 2.26. The molecule has 4 nitrogen and oxygen atoms in total. The highest BCUT2D eigenvalue weighted by molar-refractivity contribution is 7.90. The van der Waals surface area contributed by atoms with Crippen molar-refractivity contribution in [2.75, 3.05) is 13.4 Å². The number of hydrogen-bond donors (Lipinski definition) is 1. The maximum Gasteiger partial charge on any atom is 0.176 e. The van der Waals surface area contributed by atoms with Gasteiger partial charge in [-0.15, -0.1) is 0 Å². The second-order valence-electron chi connectivity index (χ2n) is 8.58. The van der Waals surface area contributed by atoms with Crippen molar-refractivity contribution in [1.82, 2.24) is 5.32 Å². The molecule has 1 aliphatic rings. The van der Waals surface area contributed by atoms with Gasteiger partial charge in [0.2, 0.25) is 0 Å². The van der Waals surface area contributed by atoms with Gasteiger partial charge >= 0.3 is 0 Å². The minimum atomic E-state index is -3.36. The van der Waals surface area contributed by atoms with Crippen LogP contribution in [0.4, 0.5) is 0 Å². The third-order valence-corrected chi connectivity index (χ3v) is 7.55. The molecule has 1 N–H and O–H groups in total. The molecular formula is C27H31NO3S. The topological polar surface area (TPSA) is 55.4 Å². The summed E-state index contributed by atoms with van der Waals surface area (Å²) in [5.74, 6) is 0. The molecule has 1 atom stereocenters. The summed E-state index contributed by atoms with van der Waals surface area (Å²) in [5.41, 5.74) is 3.95. The Bertz CT molecular complexity index is 1140. The molecule has 0 heterocycles. The molecule has 32 heavy (non-hydrogen) atoms. The summed E-state index contributed by atoms with van der Waals surface area (Å²) in [5, 5.41) is 3.90. The number of hydrogen-bond acceptors (Lipinski definition) is 4. The first-order valence-corrected chi connectivity index (χ1v) is 13.1. The fourth-order valence-electron chi connectivity index (χ4n) is 4.72. The first kappa shape index (κ1) is 22.7. The molecule has 4 rings (SSSR count). The third-order valence-electron chi connectivity index (χ3n) is 6.39. The molecule has 0 amide bonds. The monoisotopic (exact) mass is 449 g/mol. The third kappa shape index (κ3) is 5.12. The van der Waals surface area contributed by atoms with Crippen molar-refractivity contribution < 1.29 is 13.2 Å². The van der Waals surface area contributed by atoms with Crippen LogP contribution in [0.3, 0.4) is 0 Å². The largest absolute Gasteiger partial charge is 0.381 e. The maximum atomic E-state index is 12.5.